The van der Waals surface area contributed by atoms with E-state index >= 15 is 0 Å². The molecule has 0 saturated heterocycles. The highest BCUT2D eigenvalue weighted by atomic mass is 16.1. The maximum Gasteiger partial charge on any atom is 0.234 e. The Morgan fingerprint density at radius 1 is 1.50 bits per heavy atom. The third-order valence-corrected chi connectivity index (χ3v) is 3.32. The summed E-state index contributed by atoms with van der Waals surface area (Å²) >= 11 is 0. The topological polar surface area (TPSA) is 72.9 Å². The summed E-state index contributed by atoms with van der Waals surface area (Å²) in [4.78, 5) is 11.4. The van der Waals surface area contributed by atoms with Gasteiger partial charge in [-0.2, -0.15) is 5.10 Å². The zero-order valence-electron chi connectivity index (χ0n) is 11.5. The Morgan fingerprint density at radius 3 is 2.72 bits per heavy atom. The summed E-state index contributed by atoms with van der Waals surface area (Å²) in [6.07, 6.45) is 6.54. The van der Waals surface area contributed by atoms with E-state index in [0.717, 1.165) is 19.3 Å². The molecule has 3 N–H and O–H groups in total. The molecule has 0 unspecified atom stereocenters. The van der Waals surface area contributed by atoms with Crippen LogP contribution < -0.4 is 11.1 Å². The van der Waals surface area contributed by atoms with Gasteiger partial charge in [-0.1, -0.05) is 19.8 Å². The van der Waals surface area contributed by atoms with E-state index in [2.05, 4.69) is 24.3 Å². The molecule has 1 aromatic rings. The Bertz CT molecular complexity index is 350. The quantitative estimate of drug-likeness (QED) is 0.735. The lowest BCUT2D eigenvalue weighted by Crippen LogP contribution is -2.47. The Hall–Kier alpha value is -1.36. The van der Waals surface area contributed by atoms with E-state index in [1.165, 1.54) is 0 Å². The highest BCUT2D eigenvalue weighted by Gasteiger charge is 2.21. The Morgan fingerprint density at radius 2 is 2.22 bits per heavy atom. The lowest BCUT2D eigenvalue weighted by molar-refractivity contribution is -0.120. The smallest absolute Gasteiger partial charge is 0.234 e. The van der Waals surface area contributed by atoms with Crippen LogP contribution in [0.2, 0.25) is 0 Å². The van der Waals surface area contributed by atoms with Crippen LogP contribution in [0.5, 0.6) is 0 Å². The molecule has 0 saturated carbocycles. The van der Waals surface area contributed by atoms with Crippen molar-refractivity contribution in [2.75, 3.05) is 0 Å². The molecule has 0 radical (unpaired) electrons. The maximum absolute atomic E-state index is 11.4. The molecule has 5 heteroatoms. The molecule has 3 atom stereocenters. The molecule has 18 heavy (non-hydrogen) atoms. The number of aromatic nitrogens is 2. The molecule has 0 aliphatic carbocycles. The Labute approximate surface area is 109 Å². The molecule has 0 bridgehead atoms. The molecule has 1 aromatic heterocycles. The second-order valence-electron chi connectivity index (χ2n) is 4.78. The number of hydrogen-bond donors (Lipinski definition) is 2. The highest BCUT2D eigenvalue weighted by Crippen LogP contribution is 2.11. The SMILES string of the molecule is CCCC[C@H](N[C@H](C)[C@H](C)n1cccn1)C(N)=O. The van der Waals surface area contributed by atoms with Gasteiger partial charge in [0.15, 0.2) is 0 Å². The van der Waals surface area contributed by atoms with Gasteiger partial charge in [0.05, 0.1) is 12.1 Å². The minimum atomic E-state index is -0.275. The predicted molar refractivity (Wildman–Crippen MR) is 72.0 cm³/mol. The Balaban J connectivity index is 2.55. The average molecular weight is 252 g/mol. The second kappa shape index (κ2) is 7.16. The minimum Gasteiger partial charge on any atom is -0.368 e. The Kier molecular flexibility index (Phi) is 5.85. The fourth-order valence-corrected chi connectivity index (χ4v) is 1.92. The number of nitrogens with two attached hydrogens (primary N) is 1. The van der Waals surface area contributed by atoms with Gasteiger partial charge in [-0.25, -0.2) is 0 Å². The van der Waals surface area contributed by atoms with Gasteiger partial charge in [-0.05, 0) is 26.3 Å². The van der Waals surface area contributed by atoms with Crippen LogP contribution in [-0.4, -0.2) is 27.8 Å². The van der Waals surface area contributed by atoms with Crippen LogP contribution in [0.15, 0.2) is 18.5 Å². The van der Waals surface area contributed by atoms with Crippen molar-refractivity contribution in [3.05, 3.63) is 18.5 Å². The number of unbranched alkanes of at least 4 members (excludes halogenated alkanes) is 1. The van der Waals surface area contributed by atoms with E-state index in [-0.39, 0.29) is 24.0 Å². The van der Waals surface area contributed by atoms with Gasteiger partial charge in [-0.15, -0.1) is 0 Å². The molecular formula is C13H24N4O. The zero-order chi connectivity index (χ0) is 13.5. The van der Waals surface area contributed by atoms with E-state index in [4.69, 9.17) is 5.73 Å². The number of hydrogen-bond acceptors (Lipinski definition) is 3. The minimum absolute atomic E-state index is 0.138. The predicted octanol–water partition coefficient (Wildman–Crippen LogP) is 1.47. The van der Waals surface area contributed by atoms with Crippen LogP contribution in [-0.2, 0) is 4.79 Å². The van der Waals surface area contributed by atoms with Crippen molar-refractivity contribution >= 4 is 5.91 Å². The number of amides is 1. The molecule has 0 aliphatic rings. The number of primary amides is 1. The summed E-state index contributed by atoms with van der Waals surface area (Å²) < 4.78 is 1.88. The largest absolute Gasteiger partial charge is 0.368 e. The molecule has 0 spiro atoms. The van der Waals surface area contributed by atoms with Crippen LogP contribution >= 0.6 is 0 Å². The van der Waals surface area contributed by atoms with Crippen molar-refractivity contribution in [3.8, 4) is 0 Å². The maximum atomic E-state index is 11.4. The lowest BCUT2D eigenvalue weighted by atomic mass is 10.1. The number of nitrogens with zero attached hydrogens (tertiary/aromatic N) is 2. The van der Waals surface area contributed by atoms with Gasteiger partial charge in [0.2, 0.25) is 5.91 Å². The van der Waals surface area contributed by atoms with Gasteiger partial charge >= 0.3 is 0 Å². The number of nitrogens with one attached hydrogen (secondary N) is 1. The summed E-state index contributed by atoms with van der Waals surface area (Å²) in [5, 5.41) is 7.52. The average Bonchev–Trinajstić information content (AvgIpc) is 2.86. The first-order valence-electron chi connectivity index (χ1n) is 6.60. The summed E-state index contributed by atoms with van der Waals surface area (Å²) in [6.45, 7) is 6.23. The van der Waals surface area contributed by atoms with E-state index in [1.54, 1.807) is 6.20 Å². The molecule has 0 aliphatic heterocycles. The van der Waals surface area contributed by atoms with Gasteiger partial charge in [0.25, 0.3) is 0 Å². The molecule has 1 amide bonds. The fraction of sp³-hybridized carbons (Fsp3) is 0.692. The van der Waals surface area contributed by atoms with Gasteiger partial charge < -0.3 is 11.1 Å². The number of rotatable bonds is 8. The van der Waals surface area contributed by atoms with Crippen LogP contribution in [0.1, 0.15) is 46.1 Å². The van der Waals surface area contributed by atoms with E-state index < -0.39 is 0 Å². The van der Waals surface area contributed by atoms with Crippen molar-refractivity contribution in [2.45, 2.75) is 58.2 Å². The monoisotopic (exact) mass is 252 g/mol. The van der Waals surface area contributed by atoms with Gasteiger partial charge in [-0.3, -0.25) is 9.48 Å². The zero-order valence-corrected chi connectivity index (χ0v) is 11.5. The van der Waals surface area contributed by atoms with Gasteiger partial charge in [0.1, 0.15) is 0 Å². The third-order valence-electron chi connectivity index (χ3n) is 3.32. The van der Waals surface area contributed by atoms with Crippen molar-refractivity contribution in [3.63, 3.8) is 0 Å². The van der Waals surface area contributed by atoms with Crippen molar-refractivity contribution in [2.24, 2.45) is 5.73 Å². The highest BCUT2D eigenvalue weighted by molar-refractivity contribution is 5.79. The standard InChI is InChI=1S/C13H24N4O/c1-4-5-7-12(13(14)18)16-10(2)11(3)17-9-6-8-15-17/h6,8-12,16H,4-5,7H2,1-3H3,(H2,14,18)/t10-,11+,12+/m1/s1. The first kappa shape index (κ1) is 14.7. The van der Waals surface area contributed by atoms with Crippen LogP contribution in [0.3, 0.4) is 0 Å². The first-order valence-corrected chi connectivity index (χ1v) is 6.60. The fourth-order valence-electron chi connectivity index (χ4n) is 1.92. The first-order chi connectivity index (χ1) is 8.56. The molecule has 102 valence electrons. The van der Waals surface area contributed by atoms with E-state index in [0.29, 0.717) is 0 Å². The molecule has 1 heterocycles. The van der Waals surface area contributed by atoms with E-state index in [1.807, 2.05) is 23.9 Å². The molecule has 0 fully saturated rings. The summed E-state index contributed by atoms with van der Waals surface area (Å²) in [5.74, 6) is -0.275. The summed E-state index contributed by atoms with van der Waals surface area (Å²) in [7, 11) is 0. The van der Waals surface area contributed by atoms with Crippen LogP contribution in [0.25, 0.3) is 0 Å². The third kappa shape index (κ3) is 4.14. The van der Waals surface area contributed by atoms with Crippen molar-refractivity contribution < 1.29 is 4.79 Å². The van der Waals surface area contributed by atoms with E-state index in [9.17, 15) is 4.79 Å². The normalized spacial score (nSPS) is 16.2. The number of carbonyl (C=O) groups excluding carboxylic acids is 1. The van der Waals surface area contributed by atoms with Crippen LogP contribution in [0.4, 0.5) is 0 Å². The van der Waals surface area contributed by atoms with Crippen molar-refractivity contribution in [1.29, 1.82) is 0 Å². The van der Waals surface area contributed by atoms with Crippen molar-refractivity contribution in [1.82, 2.24) is 15.1 Å². The van der Waals surface area contributed by atoms with Gasteiger partial charge in [0, 0.05) is 18.4 Å². The molecule has 0 aromatic carbocycles. The number of carbonyl (C=O) groups is 1. The second-order valence-corrected chi connectivity index (χ2v) is 4.78. The van der Waals surface area contributed by atoms with Crippen LogP contribution in [0, 0.1) is 0 Å². The lowest BCUT2D eigenvalue weighted by Gasteiger charge is -2.26. The summed E-state index contributed by atoms with van der Waals surface area (Å²) in [6, 6.07) is 1.96. The molecule has 5 nitrogen and oxygen atoms in total. The molecule has 1 rings (SSSR count). The molecular weight excluding hydrogens is 228 g/mol. The summed E-state index contributed by atoms with van der Waals surface area (Å²) in [5.41, 5.74) is 5.42.